The summed E-state index contributed by atoms with van der Waals surface area (Å²) in [5, 5.41) is 2.93. The molecule has 2 aromatic carbocycles. The van der Waals surface area contributed by atoms with Crippen LogP contribution in [0.15, 0.2) is 42.6 Å². The van der Waals surface area contributed by atoms with E-state index in [1.165, 1.54) is 41.3 Å². The van der Waals surface area contributed by atoms with Gasteiger partial charge in [-0.2, -0.15) is 0 Å². The number of aryl methyl sites for hydroxylation is 2. The Hall–Kier alpha value is -3.06. The summed E-state index contributed by atoms with van der Waals surface area (Å²) in [6.07, 6.45) is 2.50. The van der Waals surface area contributed by atoms with Gasteiger partial charge in [0.25, 0.3) is 0 Å². The summed E-state index contributed by atoms with van der Waals surface area (Å²) in [6.45, 7) is 18.6. The SMILES string of the molecule is C=C(NC(C)=O)C1CC2(CCN(C(=O)[C@@H]3CN(C(C)(C)C)CC3c3ccc(F)cc3F)CC2)c2cc(C)c(C)cc21. The molecule has 0 bridgehead atoms. The second-order valence-corrected chi connectivity index (χ2v) is 13.5. The number of nitrogens with zero attached hydrogens (tertiary/aromatic N) is 2. The molecule has 1 spiro atoms. The molecule has 2 saturated heterocycles. The first kappa shape index (κ1) is 29.4. The smallest absolute Gasteiger partial charge is 0.227 e. The first-order valence-electron chi connectivity index (χ1n) is 14.8. The summed E-state index contributed by atoms with van der Waals surface area (Å²) < 4.78 is 28.7. The molecule has 0 radical (unpaired) electrons. The Morgan fingerprint density at radius 1 is 1.00 bits per heavy atom. The number of fused-ring (bicyclic) bond motifs is 2. The van der Waals surface area contributed by atoms with Crippen molar-refractivity contribution in [2.45, 2.75) is 83.6 Å². The summed E-state index contributed by atoms with van der Waals surface area (Å²) >= 11 is 0. The number of halogens is 2. The third-order valence-electron chi connectivity index (χ3n) is 9.94. The average molecular weight is 564 g/mol. The summed E-state index contributed by atoms with van der Waals surface area (Å²) in [5.41, 5.74) is 5.89. The van der Waals surface area contributed by atoms with Gasteiger partial charge in [0.2, 0.25) is 11.8 Å². The third-order valence-corrected chi connectivity index (χ3v) is 9.94. The van der Waals surface area contributed by atoms with Gasteiger partial charge in [-0.15, -0.1) is 0 Å². The number of amides is 2. The molecular formula is C34H43F2N3O2. The number of allylic oxidation sites excluding steroid dienone is 1. The molecule has 1 aliphatic carbocycles. The molecule has 0 saturated carbocycles. The number of rotatable bonds is 4. The van der Waals surface area contributed by atoms with E-state index in [9.17, 15) is 18.4 Å². The Balaban J connectivity index is 1.39. The van der Waals surface area contributed by atoms with Crippen molar-refractivity contribution >= 4 is 11.8 Å². The number of hydrogen-bond donors (Lipinski definition) is 1. The lowest BCUT2D eigenvalue weighted by atomic mass is 9.72. The van der Waals surface area contributed by atoms with Crippen LogP contribution in [0.1, 0.15) is 86.6 Å². The van der Waals surface area contributed by atoms with Gasteiger partial charge in [-0.1, -0.05) is 24.8 Å². The van der Waals surface area contributed by atoms with Gasteiger partial charge in [-0.3, -0.25) is 14.5 Å². The fourth-order valence-corrected chi connectivity index (χ4v) is 7.40. The highest BCUT2D eigenvalue weighted by Gasteiger charge is 2.49. The molecule has 3 atom stereocenters. The molecule has 2 aliphatic heterocycles. The summed E-state index contributed by atoms with van der Waals surface area (Å²) in [5.74, 6) is -1.94. The summed E-state index contributed by atoms with van der Waals surface area (Å²) in [7, 11) is 0. The summed E-state index contributed by atoms with van der Waals surface area (Å²) in [6, 6.07) is 8.27. The van der Waals surface area contributed by atoms with Crippen LogP contribution in [0.25, 0.3) is 0 Å². The first-order chi connectivity index (χ1) is 19.2. The number of hydrogen-bond acceptors (Lipinski definition) is 3. The predicted molar refractivity (Wildman–Crippen MR) is 158 cm³/mol. The van der Waals surface area contributed by atoms with Gasteiger partial charge in [0.05, 0.1) is 5.92 Å². The monoisotopic (exact) mass is 563 g/mol. The van der Waals surface area contributed by atoms with E-state index in [4.69, 9.17) is 0 Å². The Labute approximate surface area is 243 Å². The van der Waals surface area contributed by atoms with E-state index in [0.29, 0.717) is 31.7 Å². The number of likely N-dealkylation sites (tertiary alicyclic amines) is 2. The van der Waals surface area contributed by atoms with Crippen molar-refractivity contribution in [3.8, 4) is 0 Å². The maximum absolute atomic E-state index is 15.0. The third kappa shape index (κ3) is 5.45. The van der Waals surface area contributed by atoms with Crippen LogP contribution in [0, 0.1) is 31.4 Å². The lowest BCUT2D eigenvalue weighted by molar-refractivity contribution is -0.137. The second-order valence-electron chi connectivity index (χ2n) is 13.5. The highest BCUT2D eigenvalue weighted by atomic mass is 19.1. The molecule has 2 aromatic rings. The normalized spacial score (nSPS) is 24.0. The van der Waals surface area contributed by atoms with Crippen LogP contribution in [-0.2, 0) is 15.0 Å². The van der Waals surface area contributed by atoms with Gasteiger partial charge < -0.3 is 10.2 Å². The average Bonchev–Trinajstić information content (AvgIpc) is 3.45. The minimum absolute atomic E-state index is 0.0384. The number of carbonyl (C=O) groups is 2. The molecule has 2 heterocycles. The van der Waals surface area contributed by atoms with Crippen LogP contribution < -0.4 is 5.32 Å². The lowest BCUT2D eigenvalue weighted by Crippen LogP contribution is -2.48. The molecule has 2 unspecified atom stereocenters. The van der Waals surface area contributed by atoms with E-state index in [-0.39, 0.29) is 34.6 Å². The minimum Gasteiger partial charge on any atom is -0.342 e. The quantitative estimate of drug-likeness (QED) is 0.490. The first-order valence-corrected chi connectivity index (χ1v) is 14.8. The van der Waals surface area contributed by atoms with Crippen LogP contribution in [0.3, 0.4) is 0 Å². The number of nitrogens with one attached hydrogen (secondary N) is 1. The van der Waals surface area contributed by atoms with Crippen LogP contribution >= 0.6 is 0 Å². The molecular weight excluding hydrogens is 520 g/mol. The molecule has 220 valence electrons. The van der Waals surface area contributed by atoms with Gasteiger partial charge in [-0.25, -0.2) is 8.78 Å². The Morgan fingerprint density at radius 3 is 2.27 bits per heavy atom. The molecule has 2 amide bonds. The van der Waals surface area contributed by atoms with Crippen LogP contribution in [0.5, 0.6) is 0 Å². The maximum Gasteiger partial charge on any atom is 0.227 e. The molecule has 2 fully saturated rings. The molecule has 5 rings (SSSR count). The van der Waals surface area contributed by atoms with E-state index < -0.39 is 17.6 Å². The molecule has 5 nitrogen and oxygen atoms in total. The second kappa shape index (κ2) is 10.6. The zero-order valence-electron chi connectivity index (χ0n) is 25.2. The van der Waals surface area contributed by atoms with Crippen molar-refractivity contribution < 1.29 is 18.4 Å². The van der Waals surface area contributed by atoms with Crippen molar-refractivity contribution in [1.82, 2.24) is 15.1 Å². The van der Waals surface area contributed by atoms with Gasteiger partial charge in [0, 0.05) is 62.2 Å². The van der Waals surface area contributed by atoms with Crippen LogP contribution in [0.4, 0.5) is 8.78 Å². The topological polar surface area (TPSA) is 52.7 Å². The maximum atomic E-state index is 15.0. The van der Waals surface area contributed by atoms with Crippen molar-refractivity contribution in [3.05, 3.63) is 82.1 Å². The van der Waals surface area contributed by atoms with Gasteiger partial charge in [-0.05, 0) is 93.2 Å². The molecule has 1 N–H and O–H groups in total. The van der Waals surface area contributed by atoms with Crippen molar-refractivity contribution in [3.63, 3.8) is 0 Å². The number of carbonyl (C=O) groups excluding carboxylic acids is 2. The van der Waals surface area contributed by atoms with Gasteiger partial charge in [0.15, 0.2) is 0 Å². The minimum atomic E-state index is -0.608. The highest BCUT2D eigenvalue weighted by molar-refractivity contribution is 5.81. The largest absolute Gasteiger partial charge is 0.342 e. The Kier molecular flexibility index (Phi) is 7.64. The van der Waals surface area contributed by atoms with Gasteiger partial charge >= 0.3 is 0 Å². The molecule has 7 heteroatoms. The standard InChI is InChI=1S/C34H43F2N3O2/c1-20-14-26-27(22(3)37-23(4)40)17-34(30(26)15-21(20)2)10-12-38(13-11-34)32(41)29-19-39(33(5,6)7)18-28(29)25-9-8-24(35)16-31(25)36/h8-9,14-16,27-29H,3,10-13,17-19H2,1-2,4-7H3,(H,37,40)/t27?,28?,29-/m1/s1. The summed E-state index contributed by atoms with van der Waals surface area (Å²) in [4.78, 5) is 30.2. The van der Waals surface area contributed by atoms with E-state index in [2.05, 4.69) is 63.5 Å². The van der Waals surface area contributed by atoms with E-state index >= 15 is 0 Å². The molecule has 3 aliphatic rings. The fourth-order valence-electron chi connectivity index (χ4n) is 7.40. The van der Waals surface area contributed by atoms with Crippen LogP contribution in [-0.4, -0.2) is 53.3 Å². The highest BCUT2D eigenvalue weighted by Crippen LogP contribution is 2.54. The predicted octanol–water partition coefficient (Wildman–Crippen LogP) is 6.09. The lowest BCUT2D eigenvalue weighted by Gasteiger charge is -2.42. The zero-order valence-corrected chi connectivity index (χ0v) is 25.2. The van der Waals surface area contributed by atoms with Crippen LogP contribution in [0.2, 0.25) is 0 Å². The Morgan fingerprint density at radius 2 is 1.66 bits per heavy atom. The van der Waals surface area contributed by atoms with Crippen molar-refractivity contribution in [2.75, 3.05) is 26.2 Å². The van der Waals surface area contributed by atoms with E-state index in [1.807, 2.05) is 4.90 Å². The molecule has 41 heavy (non-hydrogen) atoms. The zero-order chi connectivity index (χ0) is 29.9. The van der Waals surface area contributed by atoms with E-state index in [0.717, 1.165) is 31.0 Å². The number of piperidine rings is 1. The van der Waals surface area contributed by atoms with E-state index in [1.54, 1.807) is 0 Å². The van der Waals surface area contributed by atoms with Crippen molar-refractivity contribution in [2.24, 2.45) is 5.92 Å². The fraction of sp³-hybridized carbons (Fsp3) is 0.529. The Bertz CT molecular complexity index is 1390. The van der Waals surface area contributed by atoms with Gasteiger partial charge in [0.1, 0.15) is 11.6 Å². The van der Waals surface area contributed by atoms with Crippen molar-refractivity contribution in [1.29, 1.82) is 0 Å². The number of benzene rings is 2. The molecule has 0 aromatic heterocycles.